The van der Waals surface area contributed by atoms with E-state index >= 15 is 0 Å². The molecule has 0 aromatic carbocycles. The molecule has 2 heterocycles. The number of nitrogens with zero attached hydrogens (tertiary/aromatic N) is 1. The first-order valence-electron chi connectivity index (χ1n) is 9.08. The molecule has 2 N–H and O–H groups in total. The summed E-state index contributed by atoms with van der Waals surface area (Å²) in [6.07, 6.45) is 9.67. The molecular formula is C18H30IN3O3. The van der Waals surface area contributed by atoms with E-state index in [2.05, 4.69) is 15.6 Å². The van der Waals surface area contributed by atoms with Crippen molar-refractivity contribution in [1.29, 1.82) is 0 Å². The molecule has 0 amide bonds. The maximum Gasteiger partial charge on any atom is 0.191 e. The summed E-state index contributed by atoms with van der Waals surface area (Å²) in [7, 11) is 1.78. The number of rotatable bonds is 5. The zero-order valence-corrected chi connectivity index (χ0v) is 17.3. The van der Waals surface area contributed by atoms with Gasteiger partial charge in [-0.05, 0) is 25.0 Å². The second-order valence-corrected chi connectivity index (χ2v) is 6.59. The van der Waals surface area contributed by atoms with E-state index in [4.69, 9.17) is 13.9 Å². The summed E-state index contributed by atoms with van der Waals surface area (Å²) in [5, 5.41) is 6.63. The van der Waals surface area contributed by atoms with Crippen LogP contribution in [-0.4, -0.2) is 44.6 Å². The second-order valence-electron chi connectivity index (χ2n) is 6.59. The van der Waals surface area contributed by atoms with Crippen molar-refractivity contribution in [3.8, 4) is 0 Å². The van der Waals surface area contributed by atoms with Gasteiger partial charge in [0.05, 0.1) is 12.9 Å². The lowest BCUT2D eigenvalue weighted by Crippen LogP contribution is -2.43. The molecule has 1 unspecified atom stereocenters. The van der Waals surface area contributed by atoms with Gasteiger partial charge in [-0.15, -0.1) is 24.0 Å². The van der Waals surface area contributed by atoms with Gasteiger partial charge in [0.25, 0.3) is 0 Å². The largest absolute Gasteiger partial charge is 0.469 e. The molecule has 2 fully saturated rings. The maximum atomic E-state index is 6.25. The van der Waals surface area contributed by atoms with Gasteiger partial charge in [0.1, 0.15) is 11.9 Å². The zero-order valence-electron chi connectivity index (χ0n) is 15.0. The van der Waals surface area contributed by atoms with Gasteiger partial charge in [-0.2, -0.15) is 0 Å². The van der Waals surface area contributed by atoms with Gasteiger partial charge in [-0.25, -0.2) is 0 Å². The summed E-state index contributed by atoms with van der Waals surface area (Å²) in [6, 6.07) is 3.89. The molecule has 1 aromatic rings. The number of ether oxygens (including phenoxy) is 2. The van der Waals surface area contributed by atoms with E-state index in [9.17, 15) is 0 Å². The van der Waals surface area contributed by atoms with E-state index in [0.717, 1.165) is 37.5 Å². The molecule has 1 aromatic heterocycles. The van der Waals surface area contributed by atoms with E-state index in [1.165, 1.54) is 25.7 Å². The highest BCUT2D eigenvalue weighted by Gasteiger charge is 2.41. The average Bonchev–Trinajstić information content (AvgIpc) is 3.18. The summed E-state index contributed by atoms with van der Waals surface area (Å²) in [4.78, 5) is 4.25. The Hall–Kier alpha value is -0.800. The molecule has 25 heavy (non-hydrogen) atoms. The van der Waals surface area contributed by atoms with Crippen molar-refractivity contribution < 1.29 is 13.9 Å². The molecule has 0 bridgehead atoms. The average molecular weight is 463 g/mol. The SMILES string of the molecule is CN=C(NCCc1ccco1)NCC1COC2(CCCCCC2)O1.I. The molecule has 1 spiro atoms. The van der Waals surface area contributed by atoms with E-state index < -0.39 is 0 Å². The third kappa shape index (κ3) is 6.14. The lowest BCUT2D eigenvalue weighted by Gasteiger charge is -2.26. The van der Waals surface area contributed by atoms with Crippen LogP contribution in [0, 0.1) is 0 Å². The van der Waals surface area contributed by atoms with Gasteiger partial charge in [-0.1, -0.05) is 12.8 Å². The van der Waals surface area contributed by atoms with Crippen LogP contribution in [0.5, 0.6) is 0 Å². The molecule has 7 heteroatoms. The smallest absolute Gasteiger partial charge is 0.191 e. The number of furan rings is 1. The van der Waals surface area contributed by atoms with Crippen molar-refractivity contribution in [1.82, 2.24) is 10.6 Å². The Morgan fingerprint density at radius 3 is 2.72 bits per heavy atom. The number of nitrogens with one attached hydrogen (secondary N) is 2. The molecule has 1 saturated carbocycles. The highest BCUT2D eigenvalue weighted by atomic mass is 127. The van der Waals surface area contributed by atoms with E-state index in [0.29, 0.717) is 13.2 Å². The summed E-state index contributed by atoms with van der Waals surface area (Å²) in [5.41, 5.74) is 0. The van der Waals surface area contributed by atoms with E-state index in [-0.39, 0.29) is 35.9 Å². The standard InChI is InChI=1S/C18H29N3O3.HI/c1-19-17(20-11-8-15-7-6-12-22-15)21-13-16-14-23-18(24-16)9-4-2-3-5-10-18;/h6-7,12,16H,2-5,8-11,13-14H2,1H3,(H2,19,20,21);1H. The number of hydrogen-bond acceptors (Lipinski definition) is 4. The zero-order chi connectivity index (χ0) is 16.7. The topological polar surface area (TPSA) is 68.0 Å². The Bertz CT molecular complexity index is 514. The minimum absolute atomic E-state index is 0. The second kappa shape index (κ2) is 10.4. The van der Waals surface area contributed by atoms with Crippen LogP contribution in [-0.2, 0) is 15.9 Å². The predicted molar refractivity (Wildman–Crippen MR) is 108 cm³/mol. The van der Waals surface area contributed by atoms with Gasteiger partial charge in [0.2, 0.25) is 0 Å². The third-order valence-electron chi connectivity index (χ3n) is 4.74. The van der Waals surface area contributed by atoms with Crippen LogP contribution in [0.4, 0.5) is 0 Å². The molecular weight excluding hydrogens is 433 g/mol. The Kier molecular flexibility index (Phi) is 8.51. The van der Waals surface area contributed by atoms with Gasteiger partial charge in [-0.3, -0.25) is 4.99 Å². The first kappa shape index (κ1) is 20.5. The van der Waals surface area contributed by atoms with Crippen molar-refractivity contribution in [2.45, 2.75) is 56.8 Å². The fourth-order valence-electron chi connectivity index (χ4n) is 3.44. The molecule has 1 aliphatic carbocycles. The molecule has 1 aliphatic heterocycles. The van der Waals surface area contributed by atoms with Crippen molar-refractivity contribution in [3.05, 3.63) is 24.2 Å². The lowest BCUT2D eigenvalue weighted by atomic mass is 10.1. The minimum Gasteiger partial charge on any atom is -0.469 e. The van der Waals surface area contributed by atoms with Gasteiger partial charge >= 0.3 is 0 Å². The van der Waals surface area contributed by atoms with Crippen LogP contribution in [0.25, 0.3) is 0 Å². The highest BCUT2D eigenvalue weighted by Crippen LogP contribution is 2.36. The molecule has 1 saturated heterocycles. The number of halogens is 1. The van der Waals surface area contributed by atoms with Crippen molar-refractivity contribution >= 4 is 29.9 Å². The first-order valence-corrected chi connectivity index (χ1v) is 9.08. The van der Waals surface area contributed by atoms with Gasteiger partial charge in [0.15, 0.2) is 11.7 Å². The normalized spacial score (nSPS) is 23.1. The minimum atomic E-state index is -0.320. The van der Waals surface area contributed by atoms with Gasteiger partial charge < -0.3 is 24.5 Å². The quantitative estimate of drug-likeness (QED) is 0.399. The van der Waals surface area contributed by atoms with E-state index in [1.807, 2.05) is 12.1 Å². The first-order chi connectivity index (χ1) is 11.8. The number of hydrogen-bond donors (Lipinski definition) is 2. The number of guanidine groups is 1. The fraction of sp³-hybridized carbons (Fsp3) is 0.722. The van der Waals surface area contributed by atoms with Crippen LogP contribution in [0.3, 0.4) is 0 Å². The molecule has 6 nitrogen and oxygen atoms in total. The van der Waals surface area contributed by atoms with Crippen molar-refractivity contribution in [2.75, 3.05) is 26.7 Å². The molecule has 142 valence electrons. The lowest BCUT2D eigenvalue weighted by molar-refractivity contribution is -0.175. The Balaban J connectivity index is 0.00000225. The Morgan fingerprint density at radius 1 is 1.24 bits per heavy atom. The third-order valence-corrected chi connectivity index (χ3v) is 4.74. The van der Waals surface area contributed by atoms with Crippen molar-refractivity contribution in [3.63, 3.8) is 0 Å². The number of aliphatic imine (C=N–C) groups is 1. The van der Waals surface area contributed by atoms with Crippen LogP contribution >= 0.6 is 24.0 Å². The van der Waals surface area contributed by atoms with Crippen LogP contribution in [0.2, 0.25) is 0 Å². The summed E-state index contributed by atoms with van der Waals surface area (Å²) in [5.74, 6) is 1.44. The maximum absolute atomic E-state index is 6.25. The Labute approximate surface area is 167 Å². The van der Waals surface area contributed by atoms with E-state index in [1.54, 1.807) is 13.3 Å². The Morgan fingerprint density at radius 2 is 2.04 bits per heavy atom. The van der Waals surface area contributed by atoms with Gasteiger partial charge in [0, 0.05) is 39.4 Å². The van der Waals surface area contributed by atoms with Crippen LogP contribution in [0.15, 0.2) is 27.8 Å². The van der Waals surface area contributed by atoms with Crippen LogP contribution in [0.1, 0.15) is 44.3 Å². The molecule has 1 atom stereocenters. The predicted octanol–water partition coefficient (Wildman–Crippen LogP) is 3.07. The van der Waals surface area contributed by atoms with Crippen LogP contribution < -0.4 is 10.6 Å². The summed E-state index contributed by atoms with van der Waals surface area (Å²) in [6.45, 7) is 2.15. The molecule has 3 rings (SSSR count). The molecule has 0 radical (unpaired) electrons. The highest BCUT2D eigenvalue weighted by molar-refractivity contribution is 14.0. The fourth-order valence-corrected chi connectivity index (χ4v) is 3.44. The monoisotopic (exact) mass is 463 g/mol. The molecule has 2 aliphatic rings. The van der Waals surface area contributed by atoms with Crippen molar-refractivity contribution in [2.24, 2.45) is 4.99 Å². The summed E-state index contributed by atoms with van der Waals surface area (Å²) < 4.78 is 17.6. The summed E-state index contributed by atoms with van der Waals surface area (Å²) >= 11 is 0.